The van der Waals surface area contributed by atoms with Crippen molar-refractivity contribution >= 4 is 29.4 Å². The van der Waals surface area contributed by atoms with Crippen LogP contribution in [-0.2, 0) is 5.41 Å². The number of alkyl halides is 6. The minimum Gasteiger partial charge on any atom is -0.508 e. The number of hydrogen-bond donors (Lipinski definition) is 6. The summed E-state index contributed by atoms with van der Waals surface area (Å²) in [6.07, 6.45) is -12.5. The molecule has 0 spiro atoms. The van der Waals surface area contributed by atoms with E-state index in [-0.39, 0.29) is 30.0 Å². The van der Waals surface area contributed by atoms with Crippen molar-refractivity contribution in [1.82, 2.24) is 5.32 Å². The molecule has 10 nitrogen and oxygen atoms in total. The van der Waals surface area contributed by atoms with Crippen LogP contribution in [0.4, 0.5) is 32.0 Å². The van der Waals surface area contributed by atoms with Gasteiger partial charge >= 0.3 is 24.3 Å². The molecule has 0 unspecified atom stereocenters. The van der Waals surface area contributed by atoms with Gasteiger partial charge in [0.25, 0.3) is 11.8 Å². The number of nitrogens with one attached hydrogen (secondary N) is 2. The maximum Gasteiger partial charge on any atom is 0.411 e. The van der Waals surface area contributed by atoms with Crippen molar-refractivity contribution in [1.29, 1.82) is 0 Å². The van der Waals surface area contributed by atoms with Gasteiger partial charge in [-0.2, -0.15) is 26.3 Å². The van der Waals surface area contributed by atoms with Gasteiger partial charge in [0, 0.05) is 7.05 Å². The van der Waals surface area contributed by atoms with Crippen molar-refractivity contribution in [3.8, 4) is 22.6 Å². The number of anilines is 1. The molecule has 16 heteroatoms. The van der Waals surface area contributed by atoms with Gasteiger partial charge in [-0.1, -0.05) is 30.3 Å². The highest BCUT2D eigenvalue weighted by atomic mass is 19.4. The van der Waals surface area contributed by atoms with Gasteiger partial charge in [0.05, 0.1) is 27.9 Å². The number of phenols is 2. The van der Waals surface area contributed by atoms with Crippen LogP contribution in [0.5, 0.6) is 11.5 Å². The molecule has 4 aromatic rings. The van der Waals surface area contributed by atoms with Crippen molar-refractivity contribution in [2.24, 2.45) is 0 Å². The number of hydrogen-bond acceptors (Lipinski definition) is 6. The summed E-state index contributed by atoms with van der Waals surface area (Å²) in [5.41, 5.74) is -11.5. The fourth-order valence-corrected chi connectivity index (χ4v) is 5.22. The summed E-state index contributed by atoms with van der Waals surface area (Å²) in [5.74, 6) is -7.24. The van der Waals surface area contributed by atoms with Crippen LogP contribution in [0.2, 0.25) is 0 Å². The number of phenolic OH excluding ortho intramolecular Hbond substituents is 2. The van der Waals surface area contributed by atoms with Crippen molar-refractivity contribution in [3.63, 3.8) is 0 Å². The monoisotopic (exact) mass is 690 g/mol. The Morgan fingerprint density at radius 3 is 1.45 bits per heavy atom. The quantitative estimate of drug-likeness (QED) is 0.0899. The number of carbonyl (C=O) groups excluding carboxylic acids is 2. The number of aromatic hydroxyl groups is 2. The Bertz CT molecular complexity index is 1990. The maximum atomic E-state index is 14.9. The lowest BCUT2D eigenvalue weighted by Crippen LogP contribution is -2.55. The van der Waals surface area contributed by atoms with Crippen molar-refractivity contribution in [2.45, 2.75) is 24.7 Å². The first kappa shape index (κ1) is 35.8. The lowest BCUT2D eigenvalue weighted by atomic mass is 9.71. The van der Waals surface area contributed by atoms with Crippen LogP contribution in [0.1, 0.15) is 58.1 Å². The number of carbonyl (C=O) groups is 4. The van der Waals surface area contributed by atoms with Crippen LogP contribution < -0.4 is 10.6 Å². The summed E-state index contributed by atoms with van der Waals surface area (Å²) in [5, 5.41) is 43.7. The molecule has 6 N–H and O–H groups in total. The second-order valence-electron chi connectivity index (χ2n) is 10.6. The SMILES string of the molecule is CNC(=O)c1cc(C(c2ccc(C(=O)O)c(C(=O)Nc3ccc(-c4ccc(C)c(O)c4)cc3O)c2)(C(F)(F)F)C(F)(F)F)ccc1C(=O)O. The number of amides is 2. The van der Waals surface area contributed by atoms with Crippen LogP contribution in [0.3, 0.4) is 0 Å². The van der Waals surface area contributed by atoms with Gasteiger partial charge < -0.3 is 31.1 Å². The second kappa shape index (κ2) is 12.9. The molecule has 0 aliphatic rings. The average Bonchev–Trinajstić information content (AvgIpc) is 3.01. The lowest BCUT2D eigenvalue weighted by Gasteiger charge is -2.38. The van der Waals surface area contributed by atoms with Crippen LogP contribution in [-0.4, -0.2) is 63.6 Å². The highest BCUT2D eigenvalue weighted by Gasteiger charge is 2.72. The first-order valence-electron chi connectivity index (χ1n) is 13.8. The zero-order chi connectivity index (χ0) is 36.6. The molecule has 0 radical (unpaired) electrons. The van der Waals surface area contributed by atoms with E-state index in [1.165, 1.54) is 12.1 Å². The topological polar surface area (TPSA) is 173 Å². The Kier molecular flexibility index (Phi) is 9.39. The molecule has 0 aliphatic carbocycles. The summed E-state index contributed by atoms with van der Waals surface area (Å²) in [7, 11) is 0.968. The van der Waals surface area contributed by atoms with E-state index in [2.05, 4.69) is 5.32 Å². The third kappa shape index (κ3) is 6.44. The molecule has 49 heavy (non-hydrogen) atoms. The van der Waals surface area contributed by atoms with E-state index < -0.39 is 86.3 Å². The third-order valence-electron chi connectivity index (χ3n) is 7.72. The zero-order valence-corrected chi connectivity index (χ0v) is 25.1. The van der Waals surface area contributed by atoms with E-state index >= 15 is 0 Å². The number of rotatable bonds is 8. The molecular formula is C33H24F6N2O8. The molecule has 0 aromatic heterocycles. The van der Waals surface area contributed by atoms with Gasteiger partial charge in [0.15, 0.2) is 0 Å². The second-order valence-corrected chi connectivity index (χ2v) is 10.6. The predicted octanol–water partition coefficient (Wildman–Crippen LogP) is 6.49. The van der Waals surface area contributed by atoms with Gasteiger partial charge in [0.1, 0.15) is 11.5 Å². The molecule has 4 rings (SSSR count). The van der Waals surface area contributed by atoms with Gasteiger partial charge in [-0.05, 0) is 77.2 Å². The molecule has 4 aromatic carbocycles. The Hall–Kier alpha value is -6.06. The van der Waals surface area contributed by atoms with E-state index in [4.69, 9.17) is 0 Å². The van der Waals surface area contributed by atoms with E-state index in [0.717, 1.165) is 19.2 Å². The molecule has 0 atom stereocenters. The number of aromatic carboxylic acids is 2. The predicted molar refractivity (Wildman–Crippen MR) is 161 cm³/mol. The van der Waals surface area contributed by atoms with Crippen LogP contribution in [0, 0.1) is 6.92 Å². The summed E-state index contributed by atoms with van der Waals surface area (Å²) in [6.45, 7) is 1.64. The normalized spacial score (nSPS) is 11.9. The summed E-state index contributed by atoms with van der Waals surface area (Å²) in [6, 6.07) is 9.55. The number of carboxylic acids is 2. The van der Waals surface area contributed by atoms with E-state index in [0.29, 0.717) is 28.8 Å². The molecule has 0 fully saturated rings. The Morgan fingerprint density at radius 2 is 1.04 bits per heavy atom. The van der Waals surface area contributed by atoms with Gasteiger partial charge in [-0.3, -0.25) is 9.59 Å². The molecule has 0 bridgehead atoms. The van der Waals surface area contributed by atoms with Crippen molar-refractivity contribution in [2.75, 3.05) is 12.4 Å². The van der Waals surface area contributed by atoms with Crippen LogP contribution >= 0.6 is 0 Å². The standard InChI is InChI=1S/C33H24F6N2O8/c1-15-3-4-16(11-25(15)42)17-5-10-24(26(43)12-17)41-28(45)23-14-19(7-9-21(23)30(48)49)31(32(34,35)36,33(37,38)39)18-6-8-20(29(46)47)22(13-18)27(44)40-2/h3-14,42-43H,1-2H3,(H,40,44)(H,41,45)(H,46,47)(H,48,49). The molecule has 0 heterocycles. The Morgan fingerprint density at radius 1 is 0.592 bits per heavy atom. The van der Waals surface area contributed by atoms with Crippen LogP contribution in [0.25, 0.3) is 11.1 Å². The van der Waals surface area contributed by atoms with Gasteiger partial charge in [-0.25, -0.2) is 9.59 Å². The molecule has 0 saturated heterocycles. The Labute approximate surface area is 272 Å². The van der Waals surface area contributed by atoms with Gasteiger partial charge in [0.2, 0.25) is 5.41 Å². The largest absolute Gasteiger partial charge is 0.508 e. The minimum absolute atomic E-state index is 0.0630. The van der Waals surface area contributed by atoms with E-state index in [9.17, 15) is 65.9 Å². The highest BCUT2D eigenvalue weighted by Crippen LogP contribution is 2.56. The lowest BCUT2D eigenvalue weighted by molar-refractivity contribution is -0.288. The summed E-state index contributed by atoms with van der Waals surface area (Å²) < 4.78 is 89.6. The minimum atomic E-state index is -6.27. The fourth-order valence-electron chi connectivity index (χ4n) is 5.22. The maximum absolute atomic E-state index is 14.9. The van der Waals surface area contributed by atoms with Crippen LogP contribution in [0.15, 0.2) is 72.8 Å². The summed E-state index contributed by atoms with van der Waals surface area (Å²) in [4.78, 5) is 49.3. The molecule has 0 saturated carbocycles. The van der Waals surface area contributed by atoms with Crippen molar-refractivity contribution < 1.29 is 65.9 Å². The molecule has 256 valence electrons. The van der Waals surface area contributed by atoms with E-state index in [1.54, 1.807) is 19.1 Å². The highest BCUT2D eigenvalue weighted by molar-refractivity contribution is 6.11. The molecular weight excluding hydrogens is 666 g/mol. The third-order valence-corrected chi connectivity index (χ3v) is 7.72. The smallest absolute Gasteiger partial charge is 0.411 e. The number of halogens is 6. The first-order chi connectivity index (χ1) is 22.7. The van der Waals surface area contributed by atoms with E-state index in [1.807, 2.05) is 5.32 Å². The zero-order valence-electron chi connectivity index (χ0n) is 25.1. The average molecular weight is 691 g/mol. The molecule has 2 amide bonds. The van der Waals surface area contributed by atoms with Gasteiger partial charge in [-0.15, -0.1) is 0 Å². The first-order valence-corrected chi connectivity index (χ1v) is 13.8. The number of aryl methyl sites for hydroxylation is 1. The summed E-state index contributed by atoms with van der Waals surface area (Å²) >= 11 is 0. The Balaban J connectivity index is 1.91. The number of carboxylic acid groups (broad SMARTS) is 2. The fraction of sp³-hybridized carbons (Fsp3) is 0.152. The molecule has 0 aliphatic heterocycles. The number of benzene rings is 4. The van der Waals surface area contributed by atoms with Crippen molar-refractivity contribution in [3.05, 3.63) is 112 Å².